The molecule has 0 heterocycles. The molecule has 0 aliphatic carbocycles. The molecule has 474 valence electrons. The van der Waals surface area contributed by atoms with Crippen LogP contribution < -0.4 is 37.2 Å². The Morgan fingerprint density at radius 1 is 0.278 bits per heavy atom. The highest BCUT2D eigenvalue weighted by atomic mass is 16.5. The molecule has 17 nitrogen and oxygen atoms in total. The van der Waals surface area contributed by atoms with E-state index < -0.39 is 5.54 Å². The molecule has 0 aromatic heterocycles. The number of ether oxygens (including phenoxy) is 3. The van der Waals surface area contributed by atoms with Crippen LogP contribution in [0.1, 0.15) is 278 Å². The highest BCUT2D eigenvalue weighted by Gasteiger charge is 2.34. The second-order valence-corrected chi connectivity index (χ2v) is 17.6. The van der Waals surface area contributed by atoms with Gasteiger partial charge in [-0.3, -0.25) is 33.6 Å². The van der Waals surface area contributed by atoms with Crippen molar-refractivity contribution in [1.29, 1.82) is 0 Å². The van der Waals surface area contributed by atoms with E-state index in [2.05, 4.69) is 44.1 Å². The van der Waals surface area contributed by atoms with E-state index in [-0.39, 0.29) is 100 Å². The number of rotatable bonds is 48. The maximum Gasteiger partial charge on any atom is 0.222 e. The molecule has 17 heteroatoms. The van der Waals surface area contributed by atoms with E-state index in [1.807, 2.05) is 104 Å². The minimum absolute atomic E-state index is 0.0245. The normalized spacial score (nSPS) is 9.92. The predicted octanol–water partition coefficient (Wildman–Crippen LogP) is 12.0. The Morgan fingerprint density at radius 3 is 0.810 bits per heavy atom. The maximum absolute atomic E-state index is 13.6. The Kier molecular flexibility index (Phi) is 88.3. The minimum Gasteiger partial charge on any atom is -0.378 e. The van der Waals surface area contributed by atoms with E-state index in [0.717, 1.165) is 89.9 Å². The lowest BCUT2D eigenvalue weighted by molar-refractivity contribution is -0.130. The second kappa shape index (κ2) is 78.4. The summed E-state index contributed by atoms with van der Waals surface area (Å²) >= 11 is 0. The average molecular weight is 1130 g/mol. The van der Waals surface area contributed by atoms with Gasteiger partial charge in [-0.05, 0) is 70.6 Å². The number of carbonyl (C=O) groups excluding carboxylic acids is 7. The van der Waals surface area contributed by atoms with Gasteiger partial charge in [-0.2, -0.15) is 0 Å². The highest BCUT2D eigenvalue weighted by Crippen LogP contribution is 2.14. The van der Waals surface area contributed by atoms with Crippen LogP contribution in [0, 0.1) is 0 Å². The average Bonchev–Trinajstić information content (AvgIpc) is 3.48. The molecule has 0 aliphatic rings. The SMILES string of the molecule is CC.CC.CC.CC.CC.CC.CCCCCCCCCCCC(=O)NC(COCCC(=O)NCCCCCNC(=O)CC)(COCCC(=O)NCCCCCNC(=O)CC)COCCC(=O)NCCCCCNC(=O)CCC. The molecule has 0 saturated heterocycles. The zero-order chi connectivity index (χ0) is 61.5. The molecule has 0 aliphatic heterocycles. The minimum atomic E-state index is -1.16. The van der Waals surface area contributed by atoms with Crippen LogP contribution >= 0.6 is 0 Å². The molecular weight excluding hydrogens is 1000 g/mol. The standard InChI is InChI=1S/C50H95N7O10.6C2H6/c1-5-9-10-11-12-13-14-15-19-27-49(64)57-50(40-65-37-28-46(61)54-34-23-16-20-31-51-43(58)7-3,41-66-38-29-47(62)55-35-24-17-21-32-52-44(59)8-4)42-67-39-30-48(63)56-36-25-18-22-33-53-45(60)26-6-2;6*1-2/h5-42H2,1-4H3,(H,51,58)(H,52,59)(H,53,60)(H,54,61)(H,55,62)(H,56,63)(H,57,64);6*1-2H3. The zero-order valence-electron chi connectivity index (χ0n) is 54.5. The fourth-order valence-electron chi connectivity index (χ4n) is 6.96. The zero-order valence-corrected chi connectivity index (χ0v) is 54.5. The van der Waals surface area contributed by atoms with Crippen molar-refractivity contribution < 1.29 is 47.8 Å². The highest BCUT2D eigenvalue weighted by molar-refractivity contribution is 5.78. The van der Waals surface area contributed by atoms with Gasteiger partial charge in [0, 0.05) is 84.2 Å². The van der Waals surface area contributed by atoms with Gasteiger partial charge >= 0.3 is 0 Å². The monoisotopic (exact) mass is 1130 g/mol. The third-order valence-corrected chi connectivity index (χ3v) is 11.1. The number of hydrogen-bond donors (Lipinski definition) is 7. The lowest BCUT2D eigenvalue weighted by Crippen LogP contribution is -2.58. The molecule has 0 spiro atoms. The number of nitrogens with one attached hydrogen (secondary N) is 7. The van der Waals surface area contributed by atoms with Crippen LogP contribution in [-0.2, 0) is 47.8 Å². The van der Waals surface area contributed by atoms with Crippen LogP contribution in [-0.4, -0.2) is 126 Å². The molecule has 0 aromatic carbocycles. The largest absolute Gasteiger partial charge is 0.378 e. The fourth-order valence-corrected chi connectivity index (χ4v) is 6.96. The Balaban J connectivity index is -0.000000803. The summed E-state index contributed by atoms with van der Waals surface area (Å²) in [5, 5.41) is 20.5. The first-order valence-electron chi connectivity index (χ1n) is 32.1. The second-order valence-electron chi connectivity index (χ2n) is 17.6. The Hall–Kier alpha value is -3.83. The van der Waals surface area contributed by atoms with Crippen molar-refractivity contribution in [2.75, 3.05) is 78.9 Å². The first-order chi connectivity index (χ1) is 38.5. The van der Waals surface area contributed by atoms with Gasteiger partial charge in [-0.25, -0.2) is 0 Å². The van der Waals surface area contributed by atoms with Crippen molar-refractivity contribution in [3.63, 3.8) is 0 Å². The van der Waals surface area contributed by atoms with E-state index in [4.69, 9.17) is 14.2 Å². The van der Waals surface area contributed by atoms with Gasteiger partial charge in [-0.1, -0.05) is 162 Å². The van der Waals surface area contributed by atoms with E-state index in [1.54, 1.807) is 0 Å². The molecular formula is C62H131N7O10. The number of unbranched alkanes of at least 4 members (excludes halogenated alkanes) is 14. The summed E-state index contributed by atoms with van der Waals surface area (Å²) in [6, 6.07) is 0. The van der Waals surface area contributed by atoms with Crippen molar-refractivity contribution in [3.05, 3.63) is 0 Å². The molecule has 7 N–H and O–H groups in total. The molecule has 0 fully saturated rings. The third-order valence-electron chi connectivity index (χ3n) is 11.1. The molecule has 7 amide bonds. The Bertz CT molecular complexity index is 1260. The predicted molar refractivity (Wildman–Crippen MR) is 332 cm³/mol. The lowest BCUT2D eigenvalue weighted by atomic mass is 10.0. The molecule has 79 heavy (non-hydrogen) atoms. The Labute approximate surface area is 486 Å². The van der Waals surface area contributed by atoms with Crippen LogP contribution in [0.4, 0.5) is 0 Å². The fraction of sp³-hybridized carbons (Fsp3) is 0.887. The molecule has 0 aromatic rings. The van der Waals surface area contributed by atoms with Crippen LogP contribution in [0.2, 0.25) is 0 Å². The topological polar surface area (TPSA) is 231 Å². The molecule has 0 radical (unpaired) electrons. The number of hydrogen-bond acceptors (Lipinski definition) is 10. The van der Waals surface area contributed by atoms with Crippen molar-refractivity contribution in [2.45, 2.75) is 283 Å². The summed E-state index contributed by atoms with van der Waals surface area (Å²) in [7, 11) is 0. The van der Waals surface area contributed by atoms with Gasteiger partial charge in [-0.15, -0.1) is 0 Å². The maximum atomic E-state index is 13.6. The molecule has 0 rings (SSSR count). The number of carbonyl (C=O) groups is 7. The molecule has 0 atom stereocenters. The first-order valence-corrected chi connectivity index (χ1v) is 32.1. The summed E-state index contributed by atoms with van der Waals surface area (Å²) in [4.78, 5) is 86.1. The van der Waals surface area contributed by atoms with Gasteiger partial charge in [0.05, 0.1) is 39.6 Å². The van der Waals surface area contributed by atoms with Crippen LogP contribution in [0.15, 0.2) is 0 Å². The first kappa shape index (κ1) is 89.0. The smallest absolute Gasteiger partial charge is 0.222 e. The summed E-state index contributed by atoms with van der Waals surface area (Å²) in [6.07, 6.45) is 20.5. The van der Waals surface area contributed by atoms with Crippen molar-refractivity contribution in [1.82, 2.24) is 37.2 Å². The molecule has 0 unspecified atom stereocenters. The van der Waals surface area contributed by atoms with Crippen molar-refractivity contribution in [3.8, 4) is 0 Å². The van der Waals surface area contributed by atoms with E-state index in [1.165, 1.54) is 32.1 Å². The summed E-state index contributed by atoms with van der Waals surface area (Å²) in [6.45, 7) is 35.4. The van der Waals surface area contributed by atoms with Gasteiger partial charge in [0.15, 0.2) is 0 Å². The Morgan fingerprint density at radius 2 is 0.532 bits per heavy atom. The van der Waals surface area contributed by atoms with Crippen molar-refractivity contribution in [2.24, 2.45) is 0 Å². The molecule has 0 bridgehead atoms. The van der Waals surface area contributed by atoms with Crippen LogP contribution in [0.25, 0.3) is 0 Å². The van der Waals surface area contributed by atoms with Gasteiger partial charge in [0.2, 0.25) is 41.4 Å². The van der Waals surface area contributed by atoms with Gasteiger partial charge < -0.3 is 51.4 Å². The van der Waals surface area contributed by atoms with Gasteiger partial charge in [0.1, 0.15) is 5.54 Å². The quantitative estimate of drug-likeness (QED) is 0.0285. The van der Waals surface area contributed by atoms with Crippen molar-refractivity contribution >= 4 is 41.4 Å². The number of amides is 7. The lowest BCUT2D eigenvalue weighted by Gasteiger charge is -2.34. The van der Waals surface area contributed by atoms with Crippen LogP contribution in [0.3, 0.4) is 0 Å². The summed E-state index contributed by atoms with van der Waals surface area (Å²) in [5.74, 6) is -0.547. The summed E-state index contributed by atoms with van der Waals surface area (Å²) in [5.41, 5.74) is -1.16. The van der Waals surface area contributed by atoms with E-state index >= 15 is 0 Å². The van der Waals surface area contributed by atoms with E-state index in [0.29, 0.717) is 65.0 Å². The van der Waals surface area contributed by atoms with E-state index in [9.17, 15) is 33.6 Å². The summed E-state index contributed by atoms with van der Waals surface area (Å²) < 4.78 is 18.2. The van der Waals surface area contributed by atoms with Crippen LogP contribution in [0.5, 0.6) is 0 Å². The third kappa shape index (κ3) is 72.2. The molecule has 0 saturated carbocycles. The van der Waals surface area contributed by atoms with Gasteiger partial charge in [0.25, 0.3) is 0 Å².